The zero-order valence-electron chi connectivity index (χ0n) is 22.9. The number of hydrogen-bond acceptors (Lipinski definition) is 8. The van der Waals surface area contributed by atoms with Gasteiger partial charge in [0, 0.05) is 24.2 Å². The minimum Gasteiger partial charge on any atom is -0.492 e. The van der Waals surface area contributed by atoms with E-state index in [0.29, 0.717) is 48.2 Å². The number of aromatic nitrogens is 4. The van der Waals surface area contributed by atoms with Crippen LogP contribution in [-0.2, 0) is 11.3 Å². The molecule has 2 aromatic heterocycles. The molecule has 0 spiro atoms. The fourth-order valence-electron chi connectivity index (χ4n) is 4.53. The number of carbonyl (C=O) groups excluding carboxylic acids is 3. The molecule has 41 heavy (non-hydrogen) atoms. The van der Waals surface area contributed by atoms with Crippen LogP contribution in [0.5, 0.6) is 5.75 Å². The smallest absolute Gasteiger partial charge is 0.292 e. The topological polar surface area (TPSA) is 144 Å². The van der Waals surface area contributed by atoms with Gasteiger partial charge in [0.2, 0.25) is 11.7 Å². The van der Waals surface area contributed by atoms with Crippen molar-refractivity contribution >= 4 is 17.7 Å². The third-order valence-corrected chi connectivity index (χ3v) is 6.62. The average molecular weight is 558 g/mol. The fourth-order valence-corrected chi connectivity index (χ4v) is 4.53. The first-order chi connectivity index (χ1) is 19.9. The average Bonchev–Trinajstić information content (AvgIpc) is 3.61. The molecule has 12 heteroatoms. The van der Waals surface area contributed by atoms with Gasteiger partial charge in [-0.1, -0.05) is 36.4 Å². The first kappa shape index (κ1) is 27.6. The fraction of sp³-hybridized carbons (Fsp3) is 0.310. The number of amides is 3. The maximum Gasteiger partial charge on any atom is 0.292 e. The highest BCUT2D eigenvalue weighted by Gasteiger charge is 2.26. The monoisotopic (exact) mass is 557 g/mol. The maximum absolute atomic E-state index is 13.3. The number of aryl methyl sites for hydroxylation is 1. The van der Waals surface area contributed by atoms with E-state index in [1.807, 2.05) is 37.3 Å². The van der Waals surface area contributed by atoms with E-state index in [2.05, 4.69) is 20.7 Å². The molecule has 1 aliphatic heterocycles. The van der Waals surface area contributed by atoms with Crippen LogP contribution in [0.2, 0.25) is 0 Å². The number of hydrogen-bond donors (Lipinski definition) is 2. The Morgan fingerprint density at radius 3 is 2.63 bits per heavy atom. The molecule has 1 aliphatic rings. The van der Waals surface area contributed by atoms with Crippen molar-refractivity contribution in [3.63, 3.8) is 0 Å². The van der Waals surface area contributed by atoms with Crippen molar-refractivity contribution in [2.24, 2.45) is 0 Å². The number of oxazole rings is 1. The van der Waals surface area contributed by atoms with Crippen LogP contribution in [0.1, 0.15) is 51.8 Å². The molecular weight excluding hydrogens is 526 g/mol. The molecule has 0 unspecified atom stereocenters. The van der Waals surface area contributed by atoms with Crippen LogP contribution >= 0.6 is 0 Å². The van der Waals surface area contributed by atoms with Gasteiger partial charge in [0.05, 0.1) is 24.8 Å². The lowest BCUT2D eigenvalue weighted by molar-refractivity contribution is -0.122. The quantitative estimate of drug-likeness (QED) is 0.383. The summed E-state index contributed by atoms with van der Waals surface area (Å²) < 4.78 is 12.9. The van der Waals surface area contributed by atoms with Gasteiger partial charge in [-0.05, 0) is 38.5 Å². The third-order valence-electron chi connectivity index (χ3n) is 6.62. The van der Waals surface area contributed by atoms with Crippen molar-refractivity contribution in [2.75, 3.05) is 26.2 Å². The van der Waals surface area contributed by atoms with Crippen LogP contribution in [0, 0.1) is 6.92 Å². The molecule has 0 radical (unpaired) electrons. The van der Waals surface area contributed by atoms with Crippen molar-refractivity contribution in [1.29, 1.82) is 0 Å². The highest BCUT2D eigenvalue weighted by atomic mass is 16.5. The summed E-state index contributed by atoms with van der Waals surface area (Å²) in [6.45, 7) is 4.37. The predicted molar refractivity (Wildman–Crippen MR) is 148 cm³/mol. The molecule has 1 atom stereocenters. The van der Waals surface area contributed by atoms with E-state index in [1.54, 1.807) is 35.9 Å². The van der Waals surface area contributed by atoms with E-state index in [0.717, 1.165) is 5.56 Å². The van der Waals surface area contributed by atoms with Crippen LogP contribution in [0.3, 0.4) is 0 Å². The maximum atomic E-state index is 13.3. The summed E-state index contributed by atoms with van der Waals surface area (Å²) in [6.07, 6.45) is 1.61. The Morgan fingerprint density at radius 1 is 1.05 bits per heavy atom. The number of ether oxygens (including phenoxy) is 1. The Balaban J connectivity index is 1.44. The lowest BCUT2D eigenvalue weighted by Gasteiger charge is -2.23. The summed E-state index contributed by atoms with van der Waals surface area (Å²) in [4.78, 5) is 49.3. The van der Waals surface area contributed by atoms with Crippen molar-refractivity contribution in [2.45, 2.75) is 32.9 Å². The van der Waals surface area contributed by atoms with E-state index in [-0.39, 0.29) is 37.3 Å². The SMILES string of the molecule is Cc1ncoc1C(=O)N1CCCNC(=O)c2cccc(c2)OCCn2nc(-c3ccccc3)nc2[C@H](C)NC(=O)C1. The van der Waals surface area contributed by atoms with Gasteiger partial charge in [0.25, 0.3) is 11.8 Å². The summed E-state index contributed by atoms with van der Waals surface area (Å²) in [5, 5.41) is 10.5. The van der Waals surface area contributed by atoms with Gasteiger partial charge in [0.15, 0.2) is 12.2 Å². The Hall–Kier alpha value is -5.00. The summed E-state index contributed by atoms with van der Waals surface area (Å²) in [6, 6.07) is 16.0. The second-order valence-corrected chi connectivity index (χ2v) is 9.65. The molecule has 2 aromatic carbocycles. The molecule has 5 rings (SSSR count). The van der Waals surface area contributed by atoms with E-state index in [4.69, 9.17) is 14.1 Å². The Labute approximate surface area is 236 Å². The zero-order valence-corrected chi connectivity index (χ0v) is 22.9. The Bertz CT molecular complexity index is 1530. The van der Waals surface area contributed by atoms with Crippen LogP contribution in [-0.4, -0.2) is 68.6 Å². The van der Waals surface area contributed by atoms with Gasteiger partial charge >= 0.3 is 0 Å². The van der Waals surface area contributed by atoms with Gasteiger partial charge in [-0.15, -0.1) is 0 Å². The summed E-state index contributed by atoms with van der Waals surface area (Å²) in [7, 11) is 0. The number of fused-ring (bicyclic) bond motifs is 3. The number of nitrogens with zero attached hydrogens (tertiary/aromatic N) is 5. The largest absolute Gasteiger partial charge is 0.492 e. The van der Waals surface area contributed by atoms with Crippen molar-refractivity contribution in [1.82, 2.24) is 35.3 Å². The number of rotatable bonds is 2. The van der Waals surface area contributed by atoms with Gasteiger partial charge in [-0.2, -0.15) is 5.10 Å². The highest BCUT2D eigenvalue weighted by molar-refractivity contribution is 5.95. The van der Waals surface area contributed by atoms with Gasteiger partial charge in [0.1, 0.15) is 18.2 Å². The predicted octanol–water partition coefficient (Wildman–Crippen LogP) is 2.77. The van der Waals surface area contributed by atoms with Crippen LogP contribution < -0.4 is 15.4 Å². The van der Waals surface area contributed by atoms with Crippen molar-refractivity contribution < 1.29 is 23.5 Å². The summed E-state index contributed by atoms with van der Waals surface area (Å²) in [5.41, 5.74) is 1.72. The van der Waals surface area contributed by atoms with E-state index >= 15 is 0 Å². The number of benzene rings is 2. The van der Waals surface area contributed by atoms with Gasteiger partial charge in [-0.3, -0.25) is 14.4 Å². The molecule has 4 aromatic rings. The molecule has 0 fully saturated rings. The first-order valence-corrected chi connectivity index (χ1v) is 13.4. The molecule has 0 saturated carbocycles. The van der Waals surface area contributed by atoms with Crippen LogP contribution in [0.25, 0.3) is 11.4 Å². The molecule has 3 amide bonds. The van der Waals surface area contributed by atoms with Crippen LogP contribution in [0.15, 0.2) is 65.4 Å². The summed E-state index contributed by atoms with van der Waals surface area (Å²) >= 11 is 0. The second-order valence-electron chi connectivity index (χ2n) is 9.65. The lowest BCUT2D eigenvalue weighted by Crippen LogP contribution is -2.43. The van der Waals surface area contributed by atoms with Crippen LogP contribution in [0.4, 0.5) is 0 Å². The first-order valence-electron chi connectivity index (χ1n) is 13.4. The number of carbonyl (C=O) groups is 3. The minimum atomic E-state index is -0.516. The molecule has 2 bridgehead atoms. The molecule has 3 heterocycles. The lowest BCUT2D eigenvalue weighted by atomic mass is 10.2. The second kappa shape index (κ2) is 12.5. The van der Waals surface area contributed by atoms with Crippen molar-refractivity contribution in [3.8, 4) is 17.1 Å². The van der Waals surface area contributed by atoms with E-state index in [1.165, 1.54) is 11.3 Å². The Kier molecular flexibility index (Phi) is 8.37. The van der Waals surface area contributed by atoms with E-state index in [9.17, 15) is 14.4 Å². The van der Waals surface area contributed by atoms with Gasteiger partial charge in [-0.25, -0.2) is 14.6 Å². The standard InChI is InChI=1S/C29H31N7O5/c1-19-25(41-18-31-19)29(39)35-13-7-12-30-28(38)22-10-6-11-23(16-22)40-15-14-36-27(20(2)32-24(37)17-35)33-26(34-36)21-8-4-3-5-9-21/h3-6,8-11,16,18,20H,7,12-15,17H2,1-2H3,(H,30,38)(H,32,37)/t20-/m0/s1. The molecule has 2 N–H and O–H groups in total. The summed E-state index contributed by atoms with van der Waals surface area (Å²) in [5.74, 6) is 0.574. The zero-order chi connectivity index (χ0) is 28.8. The Morgan fingerprint density at radius 2 is 1.85 bits per heavy atom. The normalized spacial score (nSPS) is 16.9. The minimum absolute atomic E-state index is 0.0705. The van der Waals surface area contributed by atoms with Gasteiger partial charge < -0.3 is 24.7 Å². The molecular formula is C29H31N7O5. The van der Waals surface area contributed by atoms with Crippen molar-refractivity contribution in [3.05, 3.63) is 83.8 Å². The number of nitrogens with one attached hydrogen (secondary N) is 2. The molecule has 12 nitrogen and oxygen atoms in total. The third kappa shape index (κ3) is 6.60. The highest BCUT2D eigenvalue weighted by Crippen LogP contribution is 2.20. The molecule has 0 saturated heterocycles. The molecule has 212 valence electrons. The molecule has 0 aliphatic carbocycles. The van der Waals surface area contributed by atoms with E-state index < -0.39 is 11.9 Å².